The van der Waals surface area contributed by atoms with Gasteiger partial charge in [-0.3, -0.25) is 14.4 Å². The predicted octanol–water partition coefficient (Wildman–Crippen LogP) is 7.26. The van der Waals surface area contributed by atoms with Crippen LogP contribution in [0, 0.1) is 6.92 Å². The van der Waals surface area contributed by atoms with Gasteiger partial charge in [0, 0.05) is 60.0 Å². The number of nitrogens with one attached hydrogen (secondary N) is 2. The Morgan fingerprint density at radius 1 is 0.896 bits per heavy atom. The highest BCUT2D eigenvalue weighted by Gasteiger charge is 2.22. The molecule has 0 saturated carbocycles. The third-order valence-electron chi connectivity index (χ3n) is 7.62. The molecule has 8 nitrogen and oxygen atoms in total. The number of fused-ring (bicyclic) bond motifs is 1. The minimum atomic E-state index is -0.320. The maximum absolute atomic E-state index is 14.0. The summed E-state index contributed by atoms with van der Waals surface area (Å²) in [6, 6.07) is 29.3. The average molecular weight is 682 g/mol. The Labute approximate surface area is 289 Å². The highest BCUT2D eigenvalue weighted by atomic mass is 35.5. The lowest BCUT2D eigenvalue weighted by molar-refractivity contribution is -0.116. The van der Waals surface area contributed by atoms with Crippen molar-refractivity contribution < 1.29 is 19.1 Å². The molecule has 5 rings (SSSR count). The molecular formula is C38H34Cl2N4O4. The van der Waals surface area contributed by atoms with Gasteiger partial charge >= 0.3 is 0 Å². The van der Waals surface area contributed by atoms with Crippen LogP contribution in [0.3, 0.4) is 0 Å². The van der Waals surface area contributed by atoms with Gasteiger partial charge in [-0.2, -0.15) is 0 Å². The summed E-state index contributed by atoms with van der Waals surface area (Å²) in [5.74, 6) is -0.239. The zero-order valence-electron chi connectivity index (χ0n) is 26.5. The summed E-state index contributed by atoms with van der Waals surface area (Å²) in [6.07, 6.45) is 3.07. The second-order valence-corrected chi connectivity index (χ2v) is 11.8. The number of carbonyl (C=O) groups excluding carboxylic acids is 3. The van der Waals surface area contributed by atoms with Crippen LogP contribution in [-0.2, 0) is 17.9 Å². The predicted molar refractivity (Wildman–Crippen MR) is 190 cm³/mol. The molecule has 0 radical (unpaired) electrons. The van der Waals surface area contributed by atoms with Crippen molar-refractivity contribution in [2.24, 2.45) is 0 Å². The monoisotopic (exact) mass is 680 g/mol. The Hall–Kier alpha value is -5.18. The van der Waals surface area contributed by atoms with Crippen molar-refractivity contribution in [1.29, 1.82) is 0 Å². The molecule has 48 heavy (non-hydrogen) atoms. The molecule has 1 heterocycles. The van der Waals surface area contributed by atoms with Crippen LogP contribution < -0.4 is 15.4 Å². The van der Waals surface area contributed by atoms with Gasteiger partial charge in [-0.1, -0.05) is 83.9 Å². The summed E-state index contributed by atoms with van der Waals surface area (Å²) < 4.78 is 6.15. The van der Waals surface area contributed by atoms with Crippen molar-refractivity contribution in [3.63, 3.8) is 0 Å². The summed E-state index contributed by atoms with van der Waals surface area (Å²) in [5.41, 5.74) is 4.56. The van der Waals surface area contributed by atoms with E-state index in [2.05, 4.69) is 15.6 Å². The first-order valence-corrected chi connectivity index (χ1v) is 16.1. The van der Waals surface area contributed by atoms with E-state index in [0.29, 0.717) is 28.4 Å². The molecule has 0 bridgehead atoms. The number of amides is 3. The Morgan fingerprint density at radius 3 is 2.42 bits per heavy atom. The van der Waals surface area contributed by atoms with E-state index in [1.165, 1.54) is 6.08 Å². The molecule has 5 aromatic rings. The van der Waals surface area contributed by atoms with Crippen LogP contribution >= 0.6 is 23.2 Å². The fourth-order valence-electron chi connectivity index (χ4n) is 5.04. The number of halogens is 2. The molecule has 0 spiro atoms. The number of hydrogen-bond acceptors (Lipinski definition) is 5. The van der Waals surface area contributed by atoms with Crippen molar-refractivity contribution >= 4 is 57.9 Å². The minimum absolute atomic E-state index is 0.0309. The van der Waals surface area contributed by atoms with Gasteiger partial charge in [0.15, 0.2) is 0 Å². The van der Waals surface area contributed by atoms with E-state index in [1.807, 2.05) is 67.6 Å². The zero-order valence-corrected chi connectivity index (χ0v) is 28.0. The molecular weight excluding hydrogens is 647 g/mol. The molecule has 4 aromatic carbocycles. The van der Waals surface area contributed by atoms with Crippen LogP contribution in [-0.4, -0.2) is 47.7 Å². The van der Waals surface area contributed by atoms with E-state index in [-0.39, 0.29) is 48.0 Å². The Kier molecular flexibility index (Phi) is 11.4. The van der Waals surface area contributed by atoms with E-state index < -0.39 is 0 Å². The molecule has 10 heteroatoms. The molecule has 244 valence electrons. The first kappa shape index (κ1) is 34.2. The third-order valence-corrected chi connectivity index (χ3v) is 8.41. The van der Waals surface area contributed by atoms with Gasteiger partial charge in [0.1, 0.15) is 17.9 Å². The van der Waals surface area contributed by atoms with E-state index in [0.717, 1.165) is 27.7 Å². The number of benzene rings is 4. The summed E-state index contributed by atoms with van der Waals surface area (Å²) >= 11 is 13.4. The molecule has 1 aromatic heterocycles. The highest BCUT2D eigenvalue weighted by Crippen LogP contribution is 2.32. The van der Waals surface area contributed by atoms with Gasteiger partial charge in [-0.15, -0.1) is 0 Å². The SMILES string of the molecule is CNC(=O)c1ccc(C=CC(=O)NCCN(Cc2ccccc2)C(=O)c2ccc(Cl)c(COc3cccc4ccc(C)nc34)c2Cl)cc1. The lowest BCUT2D eigenvalue weighted by Gasteiger charge is -2.24. The second kappa shape index (κ2) is 16.1. The fourth-order valence-corrected chi connectivity index (χ4v) is 5.60. The first-order valence-electron chi connectivity index (χ1n) is 15.3. The number of ether oxygens (including phenoxy) is 1. The fraction of sp³-hybridized carbons (Fsp3) is 0.158. The van der Waals surface area contributed by atoms with E-state index >= 15 is 0 Å². The largest absolute Gasteiger partial charge is 0.487 e. The smallest absolute Gasteiger partial charge is 0.255 e. The average Bonchev–Trinajstić information content (AvgIpc) is 3.10. The Balaban J connectivity index is 1.29. The normalized spacial score (nSPS) is 11.0. The quantitative estimate of drug-likeness (QED) is 0.135. The van der Waals surface area contributed by atoms with Crippen LogP contribution in [0.5, 0.6) is 5.75 Å². The molecule has 2 N–H and O–H groups in total. The summed E-state index contributed by atoms with van der Waals surface area (Å²) in [7, 11) is 1.57. The molecule has 0 aliphatic carbocycles. The number of carbonyl (C=O) groups is 3. The Morgan fingerprint density at radius 2 is 1.67 bits per heavy atom. The number of aromatic nitrogens is 1. The lowest BCUT2D eigenvalue weighted by atomic mass is 10.1. The van der Waals surface area contributed by atoms with Gasteiger partial charge in [0.05, 0.1) is 10.6 Å². The number of hydrogen-bond donors (Lipinski definition) is 2. The Bertz CT molecular complexity index is 1960. The molecule has 0 fully saturated rings. The van der Waals surface area contributed by atoms with Crippen LogP contribution in [0.1, 0.15) is 43.1 Å². The second-order valence-electron chi connectivity index (χ2n) is 11.0. The van der Waals surface area contributed by atoms with Crippen LogP contribution in [0.2, 0.25) is 10.0 Å². The zero-order chi connectivity index (χ0) is 34.0. The van der Waals surface area contributed by atoms with Crippen molar-refractivity contribution in [2.75, 3.05) is 20.1 Å². The molecule has 0 unspecified atom stereocenters. The van der Waals surface area contributed by atoms with Crippen molar-refractivity contribution in [2.45, 2.75) is 20.1 Å². The van der Waals surface area contributed by atoms with Gasteiger partial charge < -0.3 is 20.3 Å². The number of para-hydroxylation sites is 1. The van der Waals surface area contributed by atoms with Gasteiger partial charge in [0.2, 0.25) is 5.91 Å². The molecule has 0 saturated heterocycles. The standard InChI is InChI=1S/C38H34Cl2N4O4/c1-25-11-15-28-9-6-10-33(36(28)43-25)48-24-31-32(39)19-18-30(35(31)40)38(47)44(23-27-7-4-3-5-8-27)22-21-42-34(45)20-14-26-12-16-29(17-13-26)37(46)41-2/h3-20H,21-24H2,1-2H3,(H,41,46)(H,42,45). The molecule has 0 aliphatic rings. The van der Waals surface area contributed by atoms with Crippen LogP contribution in [0.25, 0.3) is 17.0 Å². The number of aryl methyl sites for hydroxylation is 1. The van der Waals surface area contributed by atoms with Crippen molar-refractivity contribution in [3.8, 4) is 5.75 Å². The molecule has 0 aliphatic heterocycles. The number of nitrogens with zero attached hydrogens (tertiary/aromatic N) is 2. The van der Waals surface area contributed by atoms with Crippen LogP contribution in [0.15, 0.2) is 103 Å². The van der Waals surface area contributed by atoms with E-state index in [4.69, 9.17) is 27.9 Å². The number of pyridine rings is 1. The third kappa shape index (κ3) is 8.59. The van der Waals surface area contributed by atoms with Gasteiger partial charge in [-0.05, 0) is 60.5 Å². The highest BCUT2D eigenvalue weighted by molar-refractivity contribution is 6.38. The molecule has 3 amide bonds. The van der Waals surface area contributed by atoms with Crippen molar-refractivity contribution in [1.82, 2.24) is 20.5 Å². The van der Waals surface area contributed by atoms with Crippen molar-refractivity contribution in [3.05, 3.63) is 147 Å². The topological polar surface area (TPSA) is 101 Å². The summed E-state index contributed by atoms with van der Waals surface area (Å²) in [5, 5.41) is 6.93. The van der Waals surface area contributed by atoms with Crippen LogP contribution in [0.4, 0.5) is 0 Å². The minimum Gasteiger partial charge on any atom is -0.487 e. The molecule has 0 atom stereocenters. The summed E-state index contributed by atoms with van der Waals surface area (Å²) in [4.78, 5) is 44.6. The lowest BCUT2D eigenvalue weighted by Crippen LogP contribution is -2.38. The van der Waals surface area contributed by atoms with Gasteiger partial charge in [-0.25, -0.2) is 4.98 Å². The maximum atomic E-state index is 14.0. The maximum Gasteiger partial charge on any atom is 0.255 e. The van der Waals surface area contributed by atoms with Gasteiger partial charge in [0.25, 0.3) is 11.8 Å². The first-order chi connectivity index (χ1) is 23.2. The number of rotatable bonds is 12. The summed E-state index contributed by atoms with van der Waals surface area (Å²) in [6.45, 7) is 2.67. The van der Waals surface area contributed by atoms with E-state index in [9.17, 15) is 14.4 Å². The van der Waals surface area contributed by atoms with E-state index in [1.54, 1.807) is 54.4 Å².